The number of amides is 1. The van der Waals surface area contributed by atoms with Crippen LogP contribution in [0.3, 0.4) is 0 Å². The largest absolute Gasteiger partial charge is 0.444 e. The van der Waals surface area contributed by atoms with Crippen molar-refractivity contribution in [1.29, 1.82) is 5.26 Å². The van der Waals surface area contributed by atoms with Gasteiger partial charge in [0.25, 0.3) is 0 Å². The van der Waals surface area contributed by atoms with Crippen LogP contribution in [0.1, 0.15) is 53.9 Å². The molecule has 1 aliphatic rings. The first-order valence-electron chi connectivity index (χ1n) is 6.68. The van der Waals surface area contributed by atoms with Crippen molar-refractivity contribution < 1.29 is 14.6 Å². The number of hydrogen-bond donors (Lipinski definition) is 1. The Bertz CT molecular complexity index is 387. The first-order valence-corrected chi connectivity index (χ1v) is 6.68. The highest BCUT2D eigenvalue weighted by Gasteiger charge is 2.53. The van der Waals surface area contributed by atoms with E-state index in [2.05, 4.69) is 6.07 Å². The maximum atomic E-state index is 12.3. The van der Waals surface area contributed by atoms with Crippen LogP contribution in [-0.4, -0.2) is 39.4 Å². The van der Waals surface area contributed by atoms with E-state index in [0.29, 0.717) is 13.0 Å². The molecule has 108 valence electrons. The molecule has 0 spiro atoms. The summed E-state index contributed by atoms with van der Waals surface area (Å²) in [7, 11) is 0. The highest BCUT2D eigenvalue weighted by atomic mass is 16.6. The van der Waals surface area contributed by atoms with E-state index in [1.165, 1.54) is 4.90 Å². The number of piperidine rings is 1. The Balaban J connectivity index is 3.08. The van der Waals surface area contributed by atoms with Crippen molar-refractivity contribution in [3.8, 4) is 6.07 Å². The number of nitriles is 1. The van der Waals surface area contributed by atoms with Crippen LogP contribution in [-0.2, 0) is 4.74 Å². The summed E-state index contributed by atoms with van der Waals surface area (Å²) < 4.78 is 5.35. The van der Waals surface area contributed by atoms with Gasteiger partial charge in [-0.2, -0.15) is 5.26 Å². The Morgan fingerprint density at radius 1 is 1.32 bits per heavy atom. The zero-order valence-corrected chi connectivity index (χ0v) is 12.5. The molecule has 0 aromatic carbocycles. The van der Waals surface area contributed by atoms with Gasteiger partial charge in [0.15, 0.2) is 5.54 Å². The first-order chi connectivity index (χ1) is 8.53. The molecule has 1 fully saturated rings. The molecule has 1 N–H and O–H groups in total. The minimum atomic E-state index is -1.29. The number of rotatable bonds is 1. The maximum Gasteiger partial charge on any atom is 0.411 e. The van der Waals surface area contributed by atoms with Gasteiger partial charge in [-0.1, -0.05) is 0 Å². The van der Waals surface area contributed by atoms with E-state index in [0.717, 1.165) is 12.8 Å². The molecule has 0 radical (unpaired) electrons. The van der Waals surface area contributed by atoms with Crippen LogP contribution >= 0.6 is 0 Å². The van der Waals surface area contributed by atoms with Crippen molar-refractivity contribution >= 4 is 6.09 Å². The highest BCUT2D eigenvalue weighted by Crippen LogP contribution is 2.37. The normalized spacial score (nSPS) is 24.8. The van der Waals surface area contributed by atoms with Crippen molar-refractivity contribution in [2.45, 2.75) is 70.6 Å². The summed E-state index contributed by atoms with van der Waals surface area (Å²) in [5.74, 6) is 0. The summed E-state index contributed by atoms with van der Waals surface area (Å²) in [6.45, 7) is 8.93. The fourth-order valence-electron chi connectivity index (χ4n) is 2.43. The Hall–Kier alpha value is -1.28. The summed E-state index contributed by atoms with van der Waals surface area (Å²) in [6.07, 6.45) is 1.57. The summed E-state index contributed by atoms with van der Waals surface area (Å²) in [6, 6.07) is 2.15. The van der Waals surface area contributed by atoms with Gasteiger partial charge in [-0.15, -0.1) is 0 Å². The summed E-state index contributed by atoms with van der Waals surface area (Å²) in [4.78, 5) is 13.7. The Labute approximate surface area is 115 Å². The minimum Gasteiger partial charge on any atom is -0.444 e. The standard InChI is InChI=1S/C14H24N2O3/c1-12(2,3)19-11(17)16-9-7-6-8-14(16,10-15)13(4,5)18/h18H,6-9H2,1-5H3. The summed E-state index contributed by atoms with van der Waals surface area (Å²) >= 11 is 0. The molecule has 1 aliphatic heterocycles. The third-order valence-electron chi connectivity index (χ3n) is 3.44. The highest BCUT2D eigenvalue weighted by molar-refractivity contribution is 5.70. The number of ether oxygens (including phenoxy) is 1. The number of nitrogens with zero attached hydrogens (tertiary/aromatic N) is 2. The number of hydrogen-bond acceptors (Lipinski definition) is 4. The number of aliphatic hydroxyl groups is 1. The van der Waals surface area contributed by atoms with Crippen LogP contribution in [0.25, 0.3) is 0 Å². The van der Waals surface area contributed by atoms with Gasteiger partial charge in [0.05, 0.1) is 11.7 Å². The molecule has 1 unspecified atom stereocenters. The number of carbonyl (C=O) groups is 1. The van der Waals surface area contributed by atoms with Crippen LogP contribution in [0, 0.1) is 11.3 Å². The van der Waals surface area contributed by atoms with Gasteiger partial charge in [-0.3, -0.25) is 4.90 Å². The Kier molecular flexibility index (Phi) is 4.16. The maximum absolute atomic E-state index is 12.3. The lowest BCUT2D eigenvalue weighted by Gasteiger charge is -2.48. The van der Waals surface area contributed by atoms with Gasteiger partial charge in [0, 0.05) is 6.54 Å². The molecule has 1 heterocycles. The van der Waals surface area contributed by atoms with Gasteiger partial charge >= 0.3 is 6.09 Å². The predicted molar refractivity (Wildman–Crippen MR) is 71.4 cm³/mol. The topological polar surface area (TPSA) is 73.6 Å². The van der Waals surface area contributed by atoms with Crippen LogP contribution in [0.4, 0.5) is 4.79 Å². The molecule has 0 aromatic heterocycles. The van der Waals surface area contributed by atoms with E-state index in [9.17, 15) is 15.2 Å². The minimum absolute atomic E-state index is 0.437. The molecule has 0 aliphatic carbocycles. The molecule has 1 atom stereocenters. The van der Waals surface area contributed by atoms with Crippen molar-refractivity contribution in [3.05, 3.63) is 0 Å². The van der Waals surface area contributed by atoms with E-state index in [1.54, 1.807) is 34.6 Å². The SMILES string of the molecule is CC(C)(C)OC(=O)N1CCCCC1(C#N)C(C)(C)O. The summed E-state index contributed by atoms with van der Waals surface area (Å²) in [5, 5.41) is 19.9. The summed E-state index contributed by atoms with van der Waals surface area (Å²) in [5.41, 5.74) is -3.12. The van der Waals surface area contributed by atoms with E-state index in [4.69, 9.17) is 4.74 Å². The van der Waals surface area contributed by atoms with Crippen molar-refractivity contribution in [1.82, 2.24) is 4.90 Å². The number of likely N-dealkylation sites (tertiary alicyclic amines) is 1. The van der Waals surface area contributed by atoms with Gasteiger partial charge < -0.3 is 9.84 Å². The van der Waals surface area contributed by atoms with Gasteiger partial charge in [-0.05, 0) is 53.9 Å². The number of carbonyl (C=O) groups excluding carboxylic acids is 1. The fraction of sp³-hybridized carbons (Fsp3) is 0.857. The van der Waals surface area contributed by atoms with Gasteiger partial charge in [0.1, 0.15) is 5.60 Å². The van der Waals surface area contributed by atoms with Gasteiger partial charge in [-0.25, -0.2) is 4.79 Å². The van der Waals surface area contributed by atoms with Crippen LogP contribution in [0.15, 0.2) is 0 Å². The molecule has 1 saturated heterocycles. The van der Waals surface area contributed by atoms with E-state index in [-0.39, 0.29) is 0 Å². The Morgan fingerprint density at radius 2 is 1.89 bits per heavy atom. The fourth-order valence-corrected chi connectivity index (χ4v) is 2.43. The lowest BCUT2D eigenvalue weighted by molar-refractivity contribution is -0.0822. The van der Waals surface area contributed by atoms with Crippen LogP contribution < -0.4 is 0 Å². The second-order valence-corrected chi connectivity index (χ2v) is 6.62. The molecule has 0 bridgehead atoms. The monoisotopic (exact) mass is 268 g/mol. The van der Waals surface area contributed by atoms with Crippen LogP contribution in [0.5, 0.6) is 0 Å². The van der Waals surface area contributed by atoms with Crippen molar-refractivity contribution in [3.63, 3.8) is 0 Å². The van der Waals surface area contributed by atoms with Crippen LogP contribution in [0.2, 0.25) is 0 Å². The average molecular weight is 268 g/mol. The zero-order valence-electron chi connectivity index (χ0n) is 12.5. The van der Waals surface area contributed by atoms with Crippen molar-refractivity contribution in [2.24, 2.45) is 0 Å². The molecular formula is C14H24N2O3. The molecule has 0 saturated carbocycles. The smallest absolute Gasteiger partial charge is 0.411 e. The lowest BCUT2D eigenvalue weighted by Crippen LogP contribution is -2.65. The molecule has 1 amide bonds. The second-order valence-electron chi connectivity index (χ2n) is 6.62. The second kappa shape index (κ2) is 5.01. The first kappa shape index (κ1) is 15.8. The third-order valence-corrected chi connectivity index (χ3v) is 3.44. The third kappa shape index (κ3) is 3.19. The van der Waals surface area contributed by atoms with E-state index < -0.39 is 22.8 Å². The molecule has 5 nitrogen and oxygen atoms in total. The predicted octanol–water partition coefficient (Wildman–Crippen LogP) is 2.44. The molecule has 19 heavy (non-hydrogen) atoms. The van der Waals surface area contributed by atoms with E-state index in [1.807, 2.05) is 0 Å². The average Bonchev–Trinajstić information content (AvgIpc) is 2.25. The molecule has 0 aromatic rings. The quantitative estimate of drug-likeness (QED) is 0.792. The van der Waals surface area contributed by atoms with Gasteiger partial charge in [0.2, 0.25) is 0 Å². The molecule has 5 heteroatoms. The molecular weight excluding hydrogens is 244 g/mol. The van der Waals surface area contributed by atoms with E-state index >= 15 is 0 Å². The van der Waals surface area contributed by atoms with Crippen molar-refractivity contribution in [2.75, 3.05) is 6.54 Å². The zero-order chi connectivity index (χ0) is 14.9. The lowest BCUT2D eigenvalue weighted by atomic mass is 9.76. The molecule has 1 rings (SSSR count). The Morgan fingerprint density at radius 3 is 2.32 bits per heavy atom.